The van der Waals surface area contributed by atoms with Gasteiger partial charge in [0.15, 0.2) is 0 Å². The van der Waals surface area contributed by atoms with Gasteiger partial charge in [-0.3, -0.25) is 9.59 Å². The smallest absolute Gasteiger partial charge is 0.290 e. The zero-order valence-electron chi connectivity index (χ0n) is 17.9. The quantitative estimate of drug-likeness (QED) is 0.711. The Morgan fingerprint density at radius 3 is 2.52 bits per heavy atom. The monoisotopic (exact) mass is 444 g/mol. The van der Waals surface area contributed by atoms with Gasteiger partial charge in [-0.2, -0.15) is 0 Å². The molecule has 7 heteroatoms. The van der Waals surface area contributed by atoms with Gasteiger partial charge in [-0.25, -0.2) is 0 Å². The first-order chi connectivity index (χ1) is 15.0. The molecule has 6 nitrogen and oxygen atoms in total. The Balaban J connectivity index is 0.000000858. The molecule has 1 amide bonds. The highest BCUT2D eigenvalue weighted by molar-refractivity contribution is 6.33. The summed E-state index contributed by atoms with van der Waals surface area (Å²) in [5, 5.41) is 7.41. The van der Waals surface area contributed by atoms with Crippen molar-refractivity contribution in [3.8, 4) is 0 Å². The Hall–Kier alpha value is -2.41. The maximum Gasteiger partial charge on any atom is 0.290 e. The molecule has 2 saturated heterocycles. The van der Waals surface area contributed by atoms with E-state index in [2.05, 4.69) is 41.0 Å². The standard InChI is InChI=1S/C23H27ClN2O2.CH2O2/c1-16-7-3-4-8-18(16)22-20-15-25(11-12-28-2)13-17(20)14-26(22)23(27)19-9-5-6-10-21(19)24;2-1-3/h3-10,17,20,22H,11-15H2,1-2H3;1H,(H,2,3)/t17-,20-,22+;/m0./s1. The minimum absolute atomic E-state index is 0.0386. The molecule has 2 aliphatic heterocycles. The van der Waals surface area contributed by atoms with E-state index in [1.165, 1.54) is 11.1 Å². The lowest BCUT2D eigenvalue weighted by Gasteiger charge is -2.31. The summed E-state index contributed by atoms with van der Waals surface area (Å²) in [4.78, 5) is 26.4. The summed E-state index contributed by atoms with van der Waals surface area (Å²) in [6.45, 7) is 6.37. The van der Waals surface area contributed by atoms with E-state index in [-0.39, 0.29) is 18.4 Å². The first-order valence-corrected chi connectivity index (χ1v) is 10.8. The largest absolute Gasteiger partial charge is 0.483 e. The normalized spacial score (nSPS) is 22.5. The Morgan fingerprint density at radius 1 is 1.16 bits per heavy atom. The number of carbonyl (C=O) groups is 2. The molecular formula is C24H29ClN2O4. The number of fused-ring (bicyclic) bond motifs is 1. The maximum absolute atomic E-state index is 13.5. The number of likely N-dealkylation sites (tertiary alicyclic amines) is 2. The molecular weight excluding hydrogens is 416 g/mol. The van der Waals surface area contributed by atoms with E-state index >= 15 is 0 Å². The molecule has 0 aromatic heterocycles. The van der Waals surface area contributed by atoms with Crippen LogP contribution in [-0.4, -0.2) is 67.2 Å². The van der Waals surface area contributed by atoms with Gasteiger partial charge in [-0.05, 0) is 36.1 Å². The molecule has 0 bridgehead atoms. The molecule has 0 aliphatic carbocycles. The van der Waals surface area contributed by atoms with Gasteiger partial charge in [0.2, 0.25) is 0 Å². The third-order valence-corrected chi connectivity index (χ3v) is 6.55. The molecule has 2 heterocycles. The number of halogens is 1. The molecule has 0 saturated carbocycles. The molecule has 2 fully saturated rings. The Bertz CT molecular complexity index is 907. The lowest BCUT2D eigenvalue weighted by molar-refractivity contribution is -0.122. The summed E-state index contributed by atoms with van der Waals surface area (Å²) in [5.74, 6) is 0.953. The van der Waals surface area contributed by atoms with E-state index in [4.69, 9.17) is 26.2 Å². The lowest BCUT2D eigenvalue weighted by Crippen LogP contribution is -2.36. The van der Waals surface area contributed by atoms with Crippen molar-refractivity contribution in [3.05, 3.63) is 70.2 Å². The van der Waals surface area contributed by atoms with Gasteiger partial charge < -0.3 is 19.6 Å². The molecule has 4 rings (SSSR count). The second-order valence-corrected chi connectivity index (χ2v) is 8.43. The molecule has 2 aliphatic rings. The third-order valence-electron chi connectivity index (χ3n) is 6.22. The van der Waals surface area contributed by atoms with Gasteiger partial charge >= 0.3 is 0 Å². The molecule has 31 heavy (non-hydrogen) atoms. The van der Waals surface area contributed by atoms with Crippen molar-refractivity contribution in [2.75, 3.05) is 39.9 Å². The summed E-state index contributed by atoms with van der Waals surface area (Å²) in [6.07, 6.45) is 0. The van der Waals surface area contributed by atoms with Crippen LogP contribution in [0.4, 0.5) is 0 Å². The average Bonchev–Trinajstić information content (AvgIpc) is 3.31. The first kappa shape index (κ1) is 23.3. The summed E-state index contributed by atoms with van der Waals surface area (Å²) in [6, 6.07) is 15.9. The zero-order chi connectivity index (χ0) is 22.4. The zero-order valence-corrected chi connectivity index (χ0v) is 18.7. The molecule has 3 atom stereocenters. The number of amides is 1. The van der Waals surface area contributed by atoms with Crippen LogP contribution >= 0.6 is 11.6 Å². The van der Waals surface area contributed by atoms with Gasteiger partial charge in [0.05, 0.1) is 23.2 Å². The van der Waals surface area contributed by atoms with E-state index in [1.54, 1.807) is 13.2 Å². The molecule has 0 unspecified atom stereocenters. The number of methoxy groups -OCH3 is 1. The third kappa shape index (κ3) is 5.09. The van der Waals surface area contributed by atoms with Crippen LogP contribution in [0.2, 0.25) is 5.02 Å². The van der Waals surface area contributed by atoms with Crippen LogP contribution in [-0.2, 0) is 9.53 Å². The highest BCUT2D eigenvalue weighted by Crippen LogP contribution is 2.46. The molecule has 0 spiro atoms. The molecule has 166 valence electrons. The van der Waals surface area contributed by atoms with Crippen LogP contribution in [0.5, 0.6) is 0 Å². The number of aryl methyl sites for hydroxylation is 1. The SMILES string of the molecule is COCCN1C[C@H]2CN(C(=O)c3ccccc3Cl)[C@H](c3ccccc3C)[C@H]2C1.O=CO. The van der Waals surface area contributed by atoms with Crippen LogP contribution < -0.4 is 0 Å². The fourth-order valence-electron chi connectivity index (χ4n) is 4.86. The fraction of sp³-hybridized carbons (Fsp3) is 0.417. The summed E-state index contributed by atoms with van der Waals surface area (Å²) in [7, 11) is 1.75. The Labute approximate surface area is 188 Å². The van der Waals surface area contributed by atoms with Crippen molar-refractivity contribution in [1.29, 1.82) is 0 Å². The van der Waals surface area contributed by atoms with Crippen molar-refractivity contribution < 1.29 is 19.4 Å². The van der Waals surface area contributed by atoms with Crippen molar-refractivity contribution in [3.63, 3.8) is 0 Å². The number of hydrogen-bond acceptors (Lipinski definition) is 4. The van der Waals surface area contributed by atoms with Gasteiger partial charge in [-0.1, -0.05) is 48.0 Å². The van der Waals surface area contributed by atoms with E-state index in [9.17, 15) is 4.79 Å². The fourth-order valence-corrected chi connectivity index (χ4v) is 5.07. The van der Waals surface area contributed by atoms with E-state index in [0.29, 0.717) is 22.4 Å². The average molecular weight is 445 g/mol. The van der Waals surface area contributed by atoms with Crippen LogP contribution in [0, 0.1) is 18.8 Å². The number of benzene rings is 2. The number of rotatable bonds is 5. The number of nitrogens with zero attached hydrogens (tertiary/aromatic N) is 2. The van der Waals surface area contributed by atoms with Crippen LogP contribution in [0.3, 0.4) is 0 Å². The predicted molar refractivity (Wildman–Crippen MR) is 120 cm³/mol. The van der Waals surface area contributed by atoms with Crippen molar-refractivity contribution in [2.24, 2.45) is 11.8 Å². The Morgan fingerprint density at radius 2 is 1.84 bits per heavy atom. The van der Waals surface area contributed by atoms with Crippen LogP contribution in [0.15, 0.2) is 48.5 Å². The number of ether oxygens (including phenoxy) is 1. The minimum Gasteiger partial charge on any atom is -0.483 e. The second kappa shape index (κ2) is 10.8. The van der Waals surface area contributed by atoms with Crippen molar-refractivity contribution in [2.45, 2.75) is 13.0 Å². The van der Waals surface area contributed by atoms with Crippen LogP contribution in [0.1, 0.15) is 27.5 Å². The van der Waals surface area contributed by atoms with Crippen molar-refractivity contribution in [1.82, 2.24) is 9.80 Å². The summed E-state index contributed by atoms with van der Waals surface area (Å²) >= 11 is 6.35. The molecule has 2 aromatic carbocycles. The lowest BCUT2D eigenvalue weighted by atomic mass is 9.87. The molecule has 0 radical (unpaired) electrons. The highest BCUT2D eigenvalue weighted by Gasteiger charge is 2.49. The second-order valence-electron chi connectivity index (χ2n) is 8.02. The van der Waals surface area contributed by atoms with Gasteiger partial charge in [0.25, 0.3) is 12.4 Å². The Kier molecular flexibility index (Phi) is 8.07. The summed E-state index contributed by atoms with van der Waals surface area (Å²) < 4.78 is 5.27. The predicted octanol–water partition coefficient (Wildman–Crippen LogP) is 3.74. The van der Waals surface area contributed by atoms with E-state index < -0.39 is 0 Å². The van der Waals surface area contributed by atoms with Gasteiger partial charge in [0.1, 0.15) is 0 Å². The van der Waals surface area contributed by atoms with Gasteiger partial charge in [-0.15, -0.1) is 0 Å². The molecule has 2 aromatic rings. The number of hydrogen-bond donors (Lipinski definition) is 1. The minimum atomic E-state index is -0.250. The first-order valence-electron chi connectivity index (χ1n) is 10.4. The van der Waals surface area contributed by atoms with E-state index in [0.717, 1.165) is 32.8 Å². The maximum atomic E-state index is 13.5. The van der Waals surface area contributed by atoms with Crippen LogP contribution in [0.25, 0.3) is 0 Å². The van der Waals surface area contributed by atoms with Crippen molar-refractivity contribution >= 4 is 24.0 Å². The van der Waals surface area contributed by atoms with Gasteiger partial charge in [0, 0.05) is 39.2 Å². The highest BCUT2D eigenvalue weighted by atomic mass is 35.5. The topological polar surface area (TPSA) is 70.1 Å². The number of carboxylic acid groups (broad SMARTS) is 1. The summed E-state index contributed by atoms with van der Waals surface area (Å²) in [5.41, 5.74) is 3.09. The number of carbonyl (C=O) groups excluding carboxylic acids is 1. The van der Waals surface area contributed by atoms with E-state index in [1.807, 2.05) is 18.2 Å². The molecule has 1 N–H and O–H groups in total.